The summed E-state index contributed by atoms with van der Waals surface area (Å²) < 4.78 is 11.0. The summed E-state index contributed by atoms with van der Waals surface area (Å²) in [4.78, 5) is 0. The zero-order valence-corrected chi connectivity index (χ0v) is 9.72. The largest absolute Gasteiger partial charge is 0.436 e. The highest BCUT2D eigenvalue weighted by Gasteiger charge is 2.20. The molecular weight excluding hydrogens is 163 g/mol. The summed E-state index contributed by atoms with van der Waals surface area (Å²) in [5, 5.41) is 0. The molecule has 0 spiro atoms. The zero-order valence-electron chi connectivity index (χ0n) is 9.72. The van der Waals surface area contributed by atoms with Gasteiger partial charge in [0.25, 0.3) is 6.92 Å². The molecule has 78 valence electrons. The minimum absolute atomic E-state index is 0.00649. The molecule has 0 saturated carbocycles. The molecular formula is C10H23BO2. The Labute approximate surface area is 83.1 Å². The van der Waals surface area contributed by atoms with E-state index in [1.54, 1.807) is 7.11 Å². The molecule has 3 heteroatoms. The van der Waals surface area contributed by atoms with E-state index in [4.69, 9.17) is 9.39 Å². The smallest absolute Gasteiger partial charge is 0.289 e. The molecule has 0 N–H and O–H groups in total. The van der Waals surface area contributed by atoms with Crippen molar-refractivity contribution in [1.29, 1.82) is 0 Å². The van der Waals surface area contributed by atoms with Crippen LogP contribution in [0.15, 0.2) is 0 Å². The summed E-state index contributed by atoms with van der Waals surface area (Å²) in [5.74, 6) is 0. The number of rotatable bonds is 7. The predicted molar refractivity (Wildman–Crippen MR) is 58.4 cm³/mol. The van der Waals surface area contributed by atoms with E-state index in [1.165, 1.54) is 0 Å². The van der Waals surface area contributed by atoms with Crippen LogP contribution in [0.3, 0.4) is 0 Å². The fourth-order valence-electron chi connectivity index (χ4n) is 1.02. The van der Waals surface area contributed by atoms with Crippen molar-refractivity contribution < 1.29 is 9.39 Å². The van der Waals surface area contributed by atoms with Gasteiger partial charge in [-0.1, -0.05) is 27.0 Å². The van der Waals surface area contributed by atoms with Crippen LogP contribution in [0.1, 0.15) is 33.6 Å². The van der Waals surface area contributed by atoms with Crippen molar-refractivity contribution in [3.63, 3.8) is 0 Å². The van der Waals surface area contributed by atoms with Crippen LogP contribution in [-0.4, -0.2) is 26.2 Å². The van der Waals surface area contributed by atoms with Gasteiger partial charge in [-0.3, -0.25) is 0 Å². The van der Waals surface area contributed by atoms with Crippen molar-refractivity contribution in [3.05, 3.63) is 0 Å². The fourth-order valence-corrected chi connectivity index (χ4v) is 1.02. The van der Waals surface area contributed by atoms with Gasteiger partial charge in [-0.2, -0.15) is 0 Å². The van der Waals surface area contributed by atoms with Crippen molar-refractivity contribution in [2.24, 2.45) is 0 Å². The average Bonchev–Trinajstić information content (AvgIpc) is 2.17. The second kappa shape index (κ2) is 6.44. The first-order valence-electron chi connectivity index (χ1n) is 5.24. The number of hydrogen-bond acceptors (Lipinski definition) is 2. The maximum absolute atomic E-state index is 5.61. The van der Waals surface area contributed by atoms with Crippen molar-refractivity contribution >= 4 is 6.92 Å². The van der Waals surface area contributed by atoms with Gasteiger partial charge in [-0.05, 0) is 19.8 Å². The molecule has 2 nitrogen and oxygen atoms in total. The van der Waals surface area contributed by atoms with Gasteiger partial charge in [0.15, 0.2) is 0 Å². The van der Waals surface area contributed by atoms with Crippen molar-refractivity contribution in [1.82, 2.24) is 0 Å². The maximum atomic E-state index is 5.61. The van der Waals surface area contributed by atoms with E-state index in [2.05, 4.69) is 27.6 Å². The van der Waals surface area contributed by atoms with E-state index in [9.17, 15) is 0 Å². The van der Waals surface area contributed by atoms with E-state index in [-0.39, 0.29) is 5.60 Å². The van der Waals surface area contributed by atoms with E-state index in [1.807, 2.05) is 0 Å². The molecule has 0 fully saturated rings. The van der Waals surface area contributed by atoms with Gasteiger partial charge in [0.1, 0.15) is 0 Å². The van der Waals surface area contributed by atoms with Crippen molar-refractivity contribution in [3.8, 4) is 0 Å². The highest BCUT2D eigenvalue weighted by atomic mass is 16.5. The molecule has 1 atom stereocenters. The van der Waals surface area contributed by atoms with E-state index < -0.39 is 0 Å². The van der Waals surface area contributed by atoms with Crippen LogP contribution in [0, 0.1) is 0 Å². The van der Waals surface area contributed by atoms with Crippen LogP contribution in [0.4, 0.5) is 0 Å². The molecule has 0 aliphatic rings. The fraction of sp³-hybridized carbons (Fsp3) is 1.00. The Bertz CT molecular complexity index is 124. The lowest BCUT2D eigenvalue weighted by Gasteiger charge is -2.26. The maximum Gasteiger partial charge on any atom is 0.289 e. The zero-order chi connectivity index (χ0) is 10.3. The van der Waals surface area contributed by atoms with Crippen molar-refractivity contribution in [2.75, 3.05) is 13.7 Å². The summed E-state index contributed by atoms with van der Waals surface area (Å²) in [7, 11) is 1.77. The molecule has 0 radical (unpaired) electrons. The Morgan fingerprint density at radius 1 is 1.31 bits per heavy atom. The Morgan fingerprint density at radius 3 is 2.31 bits per heavy atom. The number of hydrogen-bond donors (Lipinski definition) is 0. The predicted octanol–water partition coefficient (Wildman–Crippen LogP) is 2.85. The second-order valence-electron chi connectivity index (χ2n) is 3.85. The molecule has 0 aromatic carbocycles. The van der Waals surface area contributed by atoms with E-state index >= 15 is 0 Å². The van der Waals surface area contributed by atoms with Gasteiger partial charge in [0.2, 0.25) is 0 Å². The van der Waals surface area contributed by atoms with Crippen LogP contribution in [0.2, 0.25) is 13.1 Å². The molecule has 0 saturated heterocycles. The third-order valence-corrected chi connectivity index (χ3v) is 2.85. The second-order valence-corrected chi connectivity index (χ2v) is 3.85. The average molecular weight is 186 g/mol. The van der Waals surface area contributed by atoms with Crippen LogP contribution in [-0.2, 0) is 9.39 Å². The van der Waals surface area contributed by atoms with Gasteiger partial charge in [-0.15, -0.1) is 0 Å². The number of methoxy groups -OCH3 is 1. The van der Waals surface area contributed by atoms with Gasteiger partial charge in [0, 0.05) is 13.7 Å². The molecule has 0 rings (SSSR count). The minimum atomic E-state index is -0.00649. The van der Waals surface area contributed by atoms with Crippen LogP contribution in [0.25, 0.3) is 0 Å². The first-order valence-corrected chi connectivity index (χ1v) is 5.24. The quantitative estimate of drug-likeness (QED) is 0.569. The minimum Gasteiger partial charge on any atom is -0.436 e. The Balaban J connectivity index is 3.61. The van der Waals surface area contributed by atoms with Crippen molar-refractivity contribution in [2.45, 2.75) is 52.4 Å². The van der Waals surface area contributed by atoms with Gasteiger partial charge < -0.3 is 9.39 Å². The monoisotopic (exact) mass is 186 g/mol. The lowest BCUT2D eigenvalue weighted by molar-refractivity contribution is -0.0135. The highest BCUT2D eigenvalue weighted by molar-refractivity contribution is 6.49. The Morgan fingerprint density at radius 2 is 1.92 bits per heavy atom. The first-order chi connectivity index (χ1) is 6.08. The SMILES string of the molecule is CCB(C)OCCC(C)(CC)OC. The summed E-state index contributed by atoms with van der Waals surface area (Å²) >= 11 is 0. The normalized spacial score (nSPS) is 15.5. The summed E-state index contributed by atoms with van der Waals surface area (Å²) in [6.45, 7) is 9.70. The first kappa shape index (κ1) is 13.0. The molecule has 0 aromatic heterocycles. The number of ether oxygens (including phenoxy) is 1. The van der Waals surface area contributed by atoms with Gasteiger partial charge >= 0.3 is 0 Å². The van der Waals surface area contributed by atoms with E-state index in [0.29, 0.717) is 6.92 Å². The highest BCUT2D eigenvalue weighted by Crippen LogP contribution is 2.18. The van der Waals surface area contributed by atoms with Crippen LogP contribution < -0.4 is 0 Å². The molecule has 0 aromatic rings. The Kier molecular flexibility index (Phi) is 6.43. The topological polar surface area (TPSA) is 18.5 Å². The molecule has 0 amide bonds. The lowest BCUT2D eigenvalue weighted by atomic mass is 9.68. The van der Waals surface area contributed by atoms with Crippen LogP contribution in [0.5, 0.6) is 0 Å². The molecule has 1 unspecified atom stereocenters. The molecule has 0 heterocycles. The Hall–Kier alpha value is -0.0151. The summed E-state index contributed by atoms with van der Waals surface area (Å²) in [6.07, 6.45) is 3.09. The third kappa shape index (κ3) is 5.32. The molecule has 0 aliphatic heterocycles. The van der Waals surface area contributed by atoms with Gasteiger partial charge in [0.05, 0.1) is 5.60 Å². The lowest BCUT2D eigenvalue weighted by Crippen LogP contribution is -2.29. The standard InChI is InChI=1S/C10H23BO2/c1-6-10(3,12-5)8-9-13-11(4)7-2/h6-9H2,1-5H3. The summed E-state index contributed by atoms with van der Waals surface area (Å²) in [6, 6.07) is 0. The molecule has 13 heavy (non-hydrogen) atoms. The van der Waals surface area contributed by atoms with Gasteiger partial charge in [-0.25, -0.2) is 0 Å². The summed E-state index contributed by atoms with van der Waals surface area (Å²) in [5.41, 5.74) is -0.00649. The molecule has 0 bridgehead atoms. The third-order valence-electron chi connectivity index (χ3n) is 2.85. The van der Waals surface area contributed by atoms with Crippen LogP contribution >= 0.6 is 0 Å². The molecule has 0 aliphatic carbocycles. The van der Waals surface area contributed by atoms with E-state index in [0.717, 1.165) is 25.8 Å².